The second kappa shape index (κ2) is 6.91. The third-order valence-electron chi connectivity index (χ3n) is 5.48. The van der Waals surface area contributed by atoms with Crippen molar-refractivity contribution in [2.45, 2.75) is 51.3 Å². The number of nitrogens with one attached hydrogen (secondary N) is 1. The Morgan fingerprint density at radius 1 is 1.33 bits per heavy atom. The first kappa shape index (κ1) is 20.5. The van der Waals surface area contributed by atoms with Gasteiger partial charge in [-0.25, -0.2) is 4.79 Å². The van der Waals surface area contributed by atoms with E-state index in [1.54, 1.807) is 21.9 Å². The van der Waals surface area contributed by atoms with Crippen LogP contribution in [0.25, 0.3) is 5.57 Å². The van der Waals surface area contributed by atoms with Crippen LogP contribution < -0.4 is 11.1 Å². The number of aromatic nitrogens is 2. The maximum atomic E-state index is 13.0. The monoisotopic (exact) mass is 431 g/mol. The van der Waals surface area contributed by atoms with E-state index in [2.05, 4.69) is 11.9 Å². The Labute approximate surface area is 180 Å². The van der Waals surface area contributed by atoms with Gasteiger partial charge in [0.2, 0.25) is 0 Å². The number of hydrogen-bond donors (Lipinski definition) is 2. The quantitative estimate of drug-likeness (QED) is 0.711. The van der Waals surface area contributed by atoms with Gasteiger partial charge in [0.1, 0.15) is 11.3 Å². The lowest BCUT2D eigenvalue weighted by Crippen LogP contribution is -2.75. The number of nitrogens with two attached hydrogens (primary N) is 1. The molecule has 2 amide bonds. The fourth-order valence-electron chi connectivity index (χ4n) is 4.30. The van der Waals surface area contributed by atoms with Crippen molar-refractivity contribution < 1.29 is 14.3 Å². The molecule has 3 N–H and O–H groups in total. The van der Waals surface area contributed by atoms with Crippen LogP contribution in [0.2, 0.25) is 0 Å². The van der Waals surface area contributed by atoms with E-state index in [-0.39, 0.29) is 12.0 Å². The van der Waals surface area contributed by atoms with Crippen molar-refractivity contribution in [3.8, 4) is 0 Å². The first-order valence-electron chi connectivity index (χ1n) is 9.90. The van der Waals surface area contributed by atoms with Crippen molar-refractivity contribution in [2.75, 3.05) is 13.1 Å². The molecule has 9 heteroatoms. The number of likely N-dealkylation sites (tertiary alicyclic amines) is 1. The predicted octanol–water partition coefficient (Wildman–Crippen LogP) is 2.54. The van der Waals surface area contributed by atoms with Gasteiger partial charge < -0.3 is 20.7 Å². The second-order valence-corrected chi connectivity index (χ2v) is 9.59. The summed E-state index contributed by atoms with van der Waals surface area (Å²) in [5.74, 6) is -0.178. The standard InChI is InChI=1S/C21H26ClN5O3/c1-12(22)7-15-13(8-23)5-6-14-16(15)25-27-11-21(24-18(28)17(14)27)9-26(10-21)19(29)30-20(2,3)4/h7-8H,1,5-6,9-11,23H2,2-4H3,(H,24,28)/b13-8-,15-7+. The lowest BCUT2D eigenvalue weighted by atomic mass is 9.85. The number of rotatable bonds is 1. The van der Waals surface area contributed by atoms with Crippen LogP contribution in [0, 0.1) is 0 Å². The molecular weight excluding hydrogens is 406 g/mol. The Hall–Kier alpha value is -2.74. The van der Waals surface area contributed by atoms with Crippen LogP contribution in [0.15, 0.2) is 29.5 Å². The summed E-state index contributed by atoms with van der Waals surface area (Å²) in [4.78, 5) is 26.9. The van der Waals surface area contributed by atoms with Crippen LogP contribution in [0.3, 0.4) is 0 Å². The van der Waals surface area contributed by atoms with E-state index in [9.17, 15) is 9.59 Å². The maximum absolute atomic E-state index is 13.0. The zero-order chi connectivity index (χ0) is 21.8. The van der Waals surface area contributed by atoms with Crippen LogP contribution in [0.5, 0.6) is 0 Å². The molecule has 1 aromatic heterocycles. The highest BCUT2D eigenvalue weighted by Gasteiger charge is 2.51. The Morgan fingerprint density at radius 3 is 2.63 bits per heavy atom. The fraction of sp³-hybridized carbons (Fsp3) is 0.476. The van der Waals surface area contributed by atoms with Crippen molar-refractivity contribution in [1.29, 1.82) is 0 Å². The van der Waals surface area contributed by atoms with Gasteiger partial charge in [-0.15, -0.1) is 0 Å². The zero-order valence-corrected chi connectivity index (χ0v) is 18.2. The number of amides is 2. The number of nitrogens with zero attached hydrogens (tertiary/aromatic N) is 3. The molecule has 8 nitrogen and oxygen atoms in total. The number of fused-ring (bicyclic) bond motifs is 3. The number of allylic oxidation sites excluding steroid dienone is 4. The van der Waals surface area contributed by atoms with Crippen LogP contribution >= 0.6 is 11.6 Å². The van der Waals surface area contributed by atoms with Crippen molar-refractivity contribution >= 4 is 29.2 Å². The van der Waals surface area contributed by atoms with Gasteiger partial charge in [0.05, 0.1) is 30.9 Å². The smallest absolute Gasteiger partial charge is 0.410 e. The van der Waals surface area contributed by atoms with Crippen molar-refractivity contribution in [2.24, 2.45) is 5.73 Å². The van der Waals surface area contributed by atoms with Crippen molar-refractivity contribution in [1.82, 2.24) is 20.0 Å². The molecule has 1 aromatic rings. The molecule has 0 radical (unpaired) electrons. The SMILES string of the molecule is C=C(Cl)/C=C1\C(=C/N)CCc2c1nn1c2C(=O)NC2(CN(C(=O)OC(C)(C)C)C2)C1. The van der Waals surface area contributed by atoms with Gasteiger partial charge in [0.25, 0.3) is 5.91 Å². The summed E-state index contributed by atoms with van der Waals surface area (Å²) in [6.07, 6.45) is 4.28. The lowest BCUT2D eigenvalue weighted by Gasteiger charge is -2.51. The third kappa shape index (κ3) is 3.49. The molecule has 30 heavy (non-hydrogen) atoms. The zero-order valence-electron chi connectivity index (χ0n) is 17.4. The highest BCUT2D eigenvalue weighted by molar-refractivity contribution is 6.31. The van der Waals surface area contributed by atoms with E-state index in [4.69, 9.17) is 27.2 Å². The molecule has 0 unspecified atom stereocenters. The molecule has 3 aliphatic rings. The first-order chi connectivity index (χ1) is 14.0. The summed E-state index contributed by atoms with van der Waals surface area (Å²) in [7, 11) is 0. The molecule has 1 spiro atoms. The molecule has 1 fully saturated rings. The Bertz CT molecular complexity index is 1010. The number of carbonyl (C=O) groups is 2. The van der Waals surface area contributed by atoms with Gasteiger partial charge in [-0.05, 0) is 51.5 Å². The second-order valence-electron chi connectivity index (χ2n) is 9.10. The largest absolute Gasteiger partial charge is 0.444 e. The topological polar surface area (TPSA) is 102 Å². The summed E-state index contributed by atoms with van der Waals surface area (Å²) in [6.45, 7) is 10.5. The van der Waals surface area contributed by atoms with Crippen molar-refractivity contribution in [3.05, 3.63) is 46.4 Å². The molecule has 4 rings (SSSR count). The van der Waals surface area contributed by atoms with E-state index >= 15 is 0 Å². The summed E-state index contributed by atoms with van der Waals surface area (Å²) in [5.41, 5.74) is 8.59. The molecular formula is C21H26ClN5O3. The summed E-state index contributed by atoms with van der Waals surface area (Å²) in [5, 5.41) is 8.21. The molecule has 2 aliphatic heterocycles. The minimum absolute atomic E-state index is 0.178. The molecule has 160 valence electrons. The van der Waals surface area contributed by atoms with Gasteiger partial charge in [-0.1, -0.05) is 18.2 Å². The number of halogens is 1. The minimum atomic E-state index is -0.562. The fourth-order valence-corrected chi connectivity index (χ4v) is 4.41. The van der Waals surface area contributed by atoms with Gasteiger partial charge in [-0.2, -0.15) is 5.10 Å². The summed E-state index contributed by atoms with van der Waals surface area (Å²) in [6, 6.07) is 0. The van der Waals surface area contributed by atoms with E-state index in [0.29, 0.717) is 48.9 Å². The van der Waals surface area contributed by atoms with Crippen LogP contribution in [0.4, 0.5) is 4.79 Å². The summed E-state index contributed by atoms with van der Waals surface area (Å²) < 4.78 is 7.17. The highest BCUT2D eigenvalue weighted by atomic mass is 35.5. The van der Waals surface area contributed by atoms with E-state index in [1.165, 1.54) is 0 Å². The molecule has 1 aliphatic carbocycles. The van der Waals surface area contributed by atoms with E-state index < -0.39 is 11.1 Å². The molecule has 0 saturated carbocycles. The van der Waals surface area contributed by atoms with Crippen molar-refractivity contribution in [3.63, 3.8) is 0 Å². The Balaban J connectivity index is 1.61. The average molecular weight is 432 g/mol. The van der Waals surface area contributed by atoms with Gasteiger partial charge in [-0.3, -0.25) is 9.48 Å². The van der Waals surface area contributed by atoms with Crippen LogP contribution in [0.1, 0.15) is 48.9 Å². The lowest BCUT2D eigenvalue weighted by molar-refractivity contribution is -0.0231. The number of hydrogen-bond acceptors (Lipinski definition) is 5. The average Bonchev–Trinajstić information content (AvgIpc) is 2.97. The molecule has 0 aromatic carbocycles. The molecule has 0 atom stereocenters. The number of ether oxygens (including phenoxy) is 1. The van der Waals surface area contributed by atoms with Crippen LogP contribution in [-0.4, -0.2) is 50.9 Å². The third-order valence-corrected chi connectivity index (χ3v) is 5.59. The number of carbonyl (C=O) groups excluding carboxylic acids is 2. The molecule has 1 saturated heterocycles. The Morgan fingerprint density at radius 2 is 2.03 bits per heavy atom. The molecule has 3 heterocycles. The van der Waals surface area contributed by atoms with Gasteiger partial charge >= 0.3 is 6.09 Å². The Kier molecular flexibility index (Phi) is 4.73. The summed E-state index contributed by atoms with van der Waals surface area (Å²) >= 11 is 6.02. The maximum Gasteiger partial charge on any atom is 0.410 e. The van der Waals surface area contributed by atoms with Gasteiger partial charge in [0, 0.05) is 16.2 Å². The predicted molar refractivity (Wildman–Crippen MR) is 114 cm³/mol. The molecule has 0 bridgehead atoms. The first-order valence-corrected chi connectivity index (χ1v) is 10.3. The normalized spacial score (nSPS) is 22.4. The van der Waals surface area contributed by atoms with E-state index in [1.807, 2.05) is 20.8 Å². The van der Waals surface area contributed by atoms with Gasteiger partial charge in [0.15, 0.2) is 0 Å². The van der Waals surface area contributed by atoms with Crippen LogP contribution in [-0.2, 0) is 17.7 Å². The highest BCUT2D eigenvalue weighted by Crippen LogP contribution is 2.39. The minimum Gasteiger partial charge on any atom is -0.444 e. The van der Waals surface area contributed by atoms with E-state index in [0.717, 1.165) is 16.7 Å².